The minimum atomic E-state index is -1.34. The highest BCUT2D eigenvalue weighted by Crippen LogP contribution is 2.46. The summed E-state index contributed by atoms with van der Waals surface area (Å²) in [6.45, 7) is 3.93. The molecule has 0 radical (unpaired) electrons. The van der Waals surface area contributed by atoms with Gasteiger partial charge in [-0.3, -0.25) is 4.79 Å². The van der Waals surface area contributed by atoms with Crippen LogP contribution < -0.4 is 10.6 Å². The van der Waals surface area contributed by atoms with Gasteiger partial charge in [-0.1, -0.05) is 35.9 Å². The van der Waals surface area contributed by atoms with Crippen LogP contribution in [0, 0.1) is 12.8 Å². The summed E-state index contributed by atoms with van der Waals surface area (Å²) in [5.41, 5.74) is 1.69. The Kier molecular flexibility index (Phi) is 9.90. The molecule has 2 heterocycles. The number of alkyl carbamates (subject to hydrolysis) is 1. The van der Waals surface area contributed by atoms with E-state index in [1.54, 1.807) is 6.07 Å². The molecular formula is C31H38ClN3O5. The van der Waals surface area contributed by atoms with Crippen molar-refractivity contribution in [3.8, 4) is 11.3 Å². The van der Waals surface area contributed by atoms with Crippen LogP contribution in [0.15, 0.2) is 59.0 Å². The number of likely N-dealkylation sites (tertiary alicyclic amines) is 1. The van der Waals surface area contributed by atoms with Crippen LogP contribution in [0.4, 0.5) is 4.79 Å². The number of hydrogen-bond donors (Lipinski definition) is 3. The lowest BCUT2D eigenvalue weighted by molar-refractivity contribution is -0.0564. The van der Waals surface area contributed by atoms with E-state index in [9.17, 15) is 14.7 Å². The molecule has 4 rings (SSSR count). The lowest BCUT2D eigenvalue weighted by atomic mass is 9.72. The van der Waals surface area contributed by atoms with Gasteiger partial charge in [0.1, 0.15) is 11.5 Å². The SMILES string of the molecule is CNCc1ccc(C(=O)N2CCCC(C(O)(CCCNC(=O)OC)c3cccc(Cl)c3-c3ccc(C)o3)C2)cc1. The molecule has 0 aliphatic carbocycles. The number of nitrogens with one attached hydrogen (secondary N) is 2. The van der Waals surface area contributed by atoms with Gasteiger partial charge in [-0.2, -0.15) is 0 Å². The molecule has 1 aliphatic rings. The molecule has 1 aliphatic heterocycles. The molecule has 2 amide bonds. The Bertz CT molecular complexity index is 1310. The molecule has 9 heteroatoms. The average Bonchev–Trinajstić information content (AvgIpc) is 3.40. The van der Waals surface area contributed by atoms with E-state index in [0.717, 1.165) is 30.7 Å². The summed E-state index contributed by atoms with van der Waals surface area (Å²) >= 11 is 6.72. The van der Waals surface area contributed by atoms with Crippen molar-refractivity contribution in [2.75, 3.05) is 33.8 Å². The minimum absolute atomic E-state index is 0.0524. The van der Waals surface area contributed by atoms with Gasteiger partial charge in [-0.15, -0.1) is 0 Å². The number of aliphatic hydroxyl groups is 1. The number of rotatable bonds is 10. The fraction of sp³-hybridized carbons (Fsp3) is 0.419. The number of ether oxygens (including phenoxy) is 1. The second kappa shape index (κ2) is 13.4. The highest BCUT2D eigenvalue weighted by Gasteiger charge is 2.43. The molecule has 3 aromatic rings. The minimum Gasteiger partial charge on any atom is -0.461 e. The van der Waals surface area contributed by atoms with Gasteiger partial charge in [-0.25, -0.2) is 4.79 Å². The van der Waals surface area contributed by atoms with E-state index >= 15 is 0 Å². The lowest BCUT2D eigenvalue weighted by Crippen LogP contribution is -2.48. The molecule has 2 aromatic carbocycles. The molecular weight excluding hydrogens is 530 g/mol. The smallest absolute Gasteiger partial charge is 0.406 e. The third-order valence-electron chi connectivity index (χ3n) is 7.62. The summed E-state index contributed by atoms with van der Waals surface area (Å²) in [7, 11) is 3.20. The highest BCUT2D eigenvalue weighted by atomic mass is 35.5. The third-order valence-corrected chi connectivity index (χ3v) is 7.94. The van der Waals surface area contributed by atoms with Crippen LogP contribution in [0.25, 0.3) is 11.3 Å². The molecule has 3 N–H and O–H groups in total. The van der Waals surface area contributed by atoms with Gasteiger partial charge in [0, 0.05) is 43.2 Å². The number of carbonyl (C=O) groups excluding carboxylic acids is 2. The molecule has 0 spiro atoms. The maximum atomic E-state index is 13.5. The van der Waals surface area contributed by atoms with Crippen molar-refractivity contribution >= 4 is 23.6 Å². The fourth-order valence-electron chi connectivity index (χ4n) is 5.59. The monoisotopic (exact) mass is 567 g/mol. The number of halogens is 1. The topological polar surface area (TPSA) is 104 Å². The Morgan fingerprint density at radius 2 is 1.95 bits per heavy atom. The van der Waals surface area contributed by atoms with Crippen LogP contribution in [0.1, 0.15) is 52.9 Å². The Morgan fingerprint density at radius 3 is 2.62 bits per heavy atom. The van der Waals surface area contributed by atoms with Crippen LogP contribution in [-0.4, -0.2) is 55.8 Å². The van der Waals surface area contributed by atoms with Crippen molar-refractivity contribution in [2.45, 2.75) is 44.8 Å². The zero-order valence-electron chi connectivity index (χ0n) is 23.3. The first kappa shape index (κ1) is 29.6. The molecule has 1 saturated heterocycles. The van der Waals surface area contributed by atoms with E-state index in [1.165, 1.54) is 7.11 Å². The van der Waals surface area contributed by atoms with Crippen LogP contribution in [0.3, 0.4) is 0 Å². The van der Waals surface area contributed by atoms with Crippen molar-refractivity contribution in [3.63, 3.8) is 0 Å². The first-order chi connectivity index (χ1) is 19.3. The van der Waals surface area contributed by atoms with Crippen molar-refractivity contribution in [2.24, 2.45) is 5.92 Å². The fourth-order valence-corrected chi connectivity index (χ4v) is 5.85. The Labute approximate surface area is 240 Å². The number of methoxy groups -OCH3 is 1. The summed E-state index contributed by atoms with van der Waals surface area (Å²) in [6, 6.07) is 16.8. The molecule has 40 heavy (non-hydrogen) atoms. The van der Waals surface area contributed by atoms with E-state index < -0.39 is 11.7 Å². The van der Waals surface area contributed by atoms with E-state index in [0.29, 0.717) is 59.9 Å². The molecule has 1 fully saturated rings. The average molecular weight is 568 g/mol. The molecule has 214 valence electrons. The molecule has 8 nitrogen and oxygen atoms in total. The summed E-state index contributed by atoms with van der Waals surface area (Å²) in [5, 5.41) is 18.9. The number of amides is 2. The summed E-state index contributed by atoms with van der Waals surface area (Å²) in [5.74, 6) is 1.00. The Balaban J connectivity index is 1.65. The normalized spacial score (nSPS) is 16.8. The second-order valence-corrected chi connectivity index (χ2v) is 10.7. The van der Waals surface area contributed by atoms with Crippen LogP contribution >= 0.6 is 11.6 Å². The largest absolute Gasteiger partial charge is 0.461 e. The number of hydrogen-bond acceptors (Lipinski definition) is 6. The third kappa shape index (κ3) is 6.69. The zero-order valence-corrected chi connectivity index (χ0v) is 24.1. The van der Waals surface area contributed by atoms with Gasteiger partial charge < -0.3 is 29.8 Å². The van der Waals surface area contributed by atoms with Gasteiger partial charge in [0.05, 0.1) is 17.7 Å². The Hall–Kier alpha value is -3.33. The Morgan fingerprint density at radius 1 is 1.18 bits per heavy atom. The van der Waals surface area contributed by atoms with Crippen molar-refractivity contribution in [1.29, 1.82) is 0 Å². The first-order valence-corrected chi connectivity index (χ1v) is 14.1. The maximum absolute atomic E-state index is 13.5. The van der Waals surface area contributed by atoms with E-state index in [1.807, 2.05) is 67.4 Å². The molecule has 0 saturated carbocycles. The predicted molar refractivity (Wildman–Crippen MR) is 155 cm³/mol. The standard InChI is InChI=1S/C31H38ClN3O5/c1-21-10-15-27(40-21)28-25(8-4-9-26(28)32)31(38,16-6-17-34-30(37)39-3)24-7-5-18-35(20-24)29(36)23-13-11-22(12-14-23)19-33-2/h4,8-15,24,33,38H,5-7,16-20H2,1-3H3,(H,34,37). The number of piperidine rings is 1. The second-order valence-electron chi connectivity index (χ2n) is 10.3. The van der Waals surface area contributed by atoms with E-state index in [2.05, 4.69) is 10.6 Å². The summed E-state index contributed by atoms with van der Waals surface area (Å²) < 4.78 is 10.6. The zero-order chi connectivity index (χ0) is 28.7. The van der Waals surface area contributed by atoms with Crippen LogP contribution in [-0.2, 0) is 16.9 Å². The highest BCUT2D eigenvalue weighted by molar-refractivity contribution is 6.33. The van der Waals surface area contributed by atoms with Crippen LogP contribution in [0.5, 0.6) is 0 Å². The first-order valence-electron chi connectivity index (χ1n) is 13.7. The predicted octanol–water partition coefficient (Wildman–Crippen LogP) is 5.50. The lowest BCUT2D eigenvalue weighted by Gasteiger charge is -2.43. The van der Waals surface area contributed by atoms with Crippen molar-refractivity contribution in [1.82, 2.24) is 15.5 Å². The molecule has 0 bridgehead atoms. The van der Waals surface area contributed by atoms with E-state index in [4.69, 9.17) is 20.8 Å². The molecule has 1 aromatic heterocycles. The van der Waals surface area contributed by atoms with Crippen molar-refractivity contribution < 1.29 is 23.8 Å². The van der Waals surface area contributed by atoms with Gasteiger partial charge in [0.15, 0.2) is 0 Å². The van der Waals surface area contributed by atoms with Gasteiger partial charge >= 0.3 is 6.09 Å². The van der Waals surface area contributed by atoms with Gasteiger partial charge in [-0.05, 0) is 81.1 Å². The molecule has 2 unspecified atom stereocenters. The quantitative estimate of drug-likeness (QED) is 0.279. The van der Waals surface area contributed by atoms with Gasteiger partial charge in [0.25, 0.3) is 5.91 Å². The van der Waals surface area contributed by atoms with Crippen LogP contribution in [0.2, 0.25) is 5.02 Å². The number of furan rings is 1. The van der Waals surface area contributed by atoms with Gasteiger partial charge in [0.2, 0.25) is 0 Å². The number of aryl methyl sites for hydroxylation is 1. The number of nitrogens with zero attached hydrogens (tertiary/aromatic N) is 1. The number of carbonyl (C=O) groups is 2. The summed E-state index contributed by atoms with van der Waals surface area (Å²) in [6.07, 6.45) is 1.80. The van der Waals surface area contributed by atoms with Crippen molar-refractivity contribution in [3.05, 3.63) is 82.1 Å². The molecule has 2 atom stereocenters. The summed E-state index contributed by atoms with van der Waals surface area (Å²) in [4.78, 5) is 27.0. The number of benzene rings is 2. The maximum Gasteiger partial charge on any atom is 0.406 e. The van der Waals surface area contributed by atoms with E-state index in [-0.39, 0.29) is 11.8 Å².